The number of methoxy groups -OCH3 is 2. The normalized spacial score (nSPS) is 17.5. The third-order valence-corrected chi connectivity index (χ3v) is 3.97. The summed E-state index contributed by atoms with van der Waals surface area (Å²) in [6.07, 6.45) is -0.761. The molecule has 2 rings (SSSR count). The van der Waals surface area contributed by atoms with Gasteiger partial charge in [0.1, 0.15) is 0 Å². The summed E-state index contributed by atoms with van der Waals surface area (Å²) in [7, 11) is 2.80. The molecule has 0 radical (unpaired) electrons. The number of hydrogen-bond acceptors (Lipinski definition) is 7. The average molecular weight is 350 g/mol. The highest BCUT2D eigenvalue weighted by Gasteiger charge is 2.43. The summed E-state index contributed by atoms with van der Waals surface area (Å²) in [6, 6.07) is 4.56. The number of carbonyl (C=O) groups is 2. The van der Waals surface area contributed by atoms with Crippen LogP contribution in [-0.2, 0) is 19.1 Å². The second-order valence-electron chi connectivity index (χ2n) is 5.43. The Morgan fingerprint density at radius 3 is 2.32 bits per heavy atom. The molecule has 25 heavy (non-hydrogen) atoms. The maximum atomic E-state index is 12.4. The van der Waals surface area contributed by atoms with Crippen LogP contribution in [0.3, 0.4) is 0 Å². The molecule has 0 bridgehead atoms. The van der Waals surface area contributed by atoms with Crippen LogP contribution in [0.5, 0.6) is 0 Å². The van der Waals surface area contributed by atoms with Gasteiger partial charge in [-0.15, -0.1) is 0 Å². The zero-order chi connectivity index (χ0) is 18.7. The van der Waals surface area contributed by atoms with Crippen molar-refractivity contribution in [1.29, 1.82) is 0 Å². The smallest absolute Gasteiger partial charge is 0.290 e. The molecule has 1 aromatic rings. The molecule has 1 atom stereocenters. The summed E-state index contributed by atoms with van der Waals surface area (Å²) in [5.41, 5.74) is 0.271. The Balaban J connectivity index is 2.47. The maximum Gasteiger partial charge on any atom is 0.290 e. The molecule has 1 aromatic carbocycles. The zero-order valence-electron chi connectivity index (χ0n) is 14.0. The van der Waals surface area contributed by atoms with Crippen LogP contribution in [0.4, 0.5) is 5.69 Å². The van der Waals surface area contributed by atoms with E-state index in [9.17, 15) is 24.8 Å². The van der Waals surface area contributed by atoms with E-state index in [1.165, 1.54) is 50.3 Å². The molecular weight excluding hydrogens is 332 g/mol. The second kappa shape index (κ2) is 7.41. The van der Waals surface area contributed by atoms with Crippen molar-refractivity contribution in [1.82, 2.24) is 4.90 Å². The van der Waals surface area contributed by atoms with Crippen molar-refractivity contribution in [3.8, 4) is 0 Å². The molecule has 0 fully saturated rings. The van der Waals surface area contributed by atoms with Gasteiger partial charge >= 0.3 is 0 Å². The van der Waals surface area contributed by atoms with Gasteiger partial charge in [-0.25, -0.2) is 0 Å². The SMILES string of the molecule is COC(CN1C(=O)C(O)=C(C(C)=O)[C@@H]1c1ccc([N+](=O)[O-])cc1)OC. The zero-order valence-corrected chi connectivity index (χ0v) is 14.0. The number of benzene rings is 1. The van der Waals surface area contributed by atoms with Gasteiger partial charge in [0.15, 0.2) is 17.8 Å². The average Bonchev–Trinajstić information content (AvgIpc) is 2.84. The van der Waals surface area contributed by atoms with Gasteiger partial charge in [0, 0.05) is 26.4 Å². The highest BCUT2D eigenvalue weighted by atomic mass is 16.7. The molecule has 0 aliphatic carbocycles. The Morgan fingerprint density at radius 1 is 1.32 bits per heavy atom. The van der Waals surface area contributed by atoms with Crippen molar-refractivity contribution in [2.24, 2.45) is 0 Å². The van der Waals surface area contributed by atoms with Gasteiger partial charge in [-0.3, -0.25) is 19.7 Å². The minimum absolute atomic E-state index is 0.0334. The molecule has 9 heteroatoms. The molecule has 1 amide bonds. The second-order valence-corrected chi connectivity index (χ2v) is 5.43. The summed E-state index contributed by atoms with van der Waals surface area (Å²) in [6.45, 7) is 1.21. The Kier molecular flexibility index (Phi) is 5.50. The number of ether oxygens (including phenoxy) is 2. The Hall–Kier alpha value is -2.78. The fourth-order valence-electron chi connectivity index (χ4n) is 2.73. The third kappa shape index (κ3) is 3.52. The van der Waals surface area contributed by atoms with Crippen LogP contribution in [0, 0.1) is 10.1 Å². The van der Waals surface area contributed by atoms with E-state index < -0.39 is 34.7 Å². The van der Waals surface area contributed by atoms with Crippen LogP contribution in [0.25, 0.3) is 0 Å². The standard InChI is InChI=1S/C16H18N2O7/c1-9(19)13-14(10-4-6-11(7-5-10)18(22)23)17(16(21)15(13)20)8-12(24-2)25-3/h4-7,12,14,20H,8H2,1-3H3/t14-/m0/s1. The highest BCUT2D eigenvalue weighted by molar-refractivity contribution is 6.08. The lowest BCUT2D eigenvalue weighted by atomic mass is 9.96. The van der Waals surface area contributed by atoms with Gasteiger partial charge in [-0.2, -0.15) is 0 Å². The van der Waals surface area contributed by atoms with E-state index in [2.05, 4.69) is 0 Å². The lowest BCUT2D eigenvalue weighted by Gasteiger charge is -2.29. The van der Waals surface area contributed by atoms with Crippen molar-refractivity contribution in [2.75, 3.05) is 20.8 Å². The summed E-state index contributed by atoms with van der Waals surface area (Å²) >= 11 is 0. The quantitative estimate of drug-likeness (QED) is 0.449. The molecule has 1 aliphatic rings. The first-order valence-electron chi connectivity index (χ1n) is 7.36. The van der Waals surface area contributed by atoms with Crippen molar-refractivity contribution in [2.45, 2.75) is 19.3 Å². The summed E-state index contributed by atoms with van der Waals surface area (Å²) in [4.78, 5) is 35.9. The molecule has 0 spiro atoms. The molecule has 9 nitrogen and oxygen atoms in total. The number of hydrogen-bond donors (Lipinski definition) is 1. The van der Waals surface area contributed by atoms with Crippen LogP contribution in [0.15, 0.2) is 35.6 Å². The Morgan fingerprint density at radius 2 is 1.88 bits per heavy atom. The van der Waals surface area contributed by atoms with Gasteiger partial charge < -0.3 is 19.5 Å². The summed E-state index contributed by atoms with van der Waals surface area (Å²) < 4.78 is 10.2. The number of aliphatic hydroxyl groups excluding tert-OH is 1. The van der Waals surface area contributed by atoms with Crippen molar-refractivity contribution < 1.29 is 29.1 Å². The predicted molar refractivity (Wildman–Crippen MR) is 85.7 cm³/mol. The van der Waals surface area contributed by atoms with Crippen LogP contribution < -0.4 is 0 Å². The number of non-ortho nitro benzene ring substituents is 1. The van der Waals surface area contributed by atoms with Crippen molar-refractivity contribution >= 4 is 17.4 Å². The number of Topliss-reactive ketones (excluding diaryl/α,β-unsaturated/α-hetero) is 1. The van der Waals surface area contributed by atoms with Gasteiger partial charge in [0.25, 0.3) is 11.6 Å². The number of carbonyl (C=O) groups excluding carboxylic acids is 2. The number of rotatable bonds is 7. The van der Waals surface area contributed by atoms with E-state index >= 15 is 0 Å². The fourth-order valence-corrected chi connectivity index (χ4v) is 2.73. The van der Waals surface area contributed by atoms with Crippen LogP contribution >= 0.6 is 0 Å². The molecule has 0 unspecified atom stereocenters. The van der Waals surface area contributed by atoms with Crippen LogP contribution in [0.1, 0.15) is 18.5 Å². The molecule has 1 N–H and O–H groups in total. The first kappa shape index (κ1) is 18.6. The Bertz CT molecular complexity index is 723. The van der Waals surface area contributed by atoms with Gasteiger partial charge in [0.05, 0.1) is 23.1 Å². The number of nitro groups is 1. The summed E-state index contributed by atoms with van der Waals surface area (Å²) in [5.74, 6) is -1.84. The number of ketones is 1. The number of aliphatic hydroxyl groups is 1. The lowest BCUT2D eigenvalue weighted by Crippen LogP contribution is -2.38. The van der Waals surface area contributed by atoms with Crippen molar-refractivity contribution in [3.05, 3.63) is 51.3 Å². The Labute approximate surface area is 143 Å². The van der Waals surface area contributed by atoms with E-state index in [0.717, 1.165) is 0 Å². The number of nitro benzene ring substituents is 1. The van der Waals surface area contributed by atoms with Crippen LogP contribution in [0.2, 0.25) is 0 Å². The van der Waals surface area contributed by atoms with E-state index in [0.29, 0.717) is 5.56 Å². The molecule has 0 saturated carbocycles. The van der Waals surface area contributed by atoms with Gasteiger partial charge in [-0.1, -0.05) is 0 Å². The van der Waals surface area contributed by atoms with Crippen LogP contribution in [-0.4, -0.2) is 53.7 Å². The van der Waals surface area contributed by atoms with Gasteiger partial charge in [0.2, 0.25) is 0 Å². The van der Waals surface area contributed by atoms with Gasteiger partial charge in [-0.05, 0) is 24.6 Å². The predicted octanol–water partition coefficient (Wildman–Crippen LogP) is 1.50. The van der Waals surface area contributed by atoms with E-state index in [1.54, 1.807) is 0 Å². The van der Waals surface area contributed by atoms with E-state index in [4.69, 9.17) is 9.47 Å². The highest BCUT2D eigenvalue weighted by Crippen LogP contribution is 2.38. The first-order valence-corrected chi connectivity index (χ1v) is 7.36. The molecule has 1 aliphatic heterocycles. The first-order chi connectivity index (χ1) is 11.8. The fraction of sp³-hybridized carbons (Fsp3) is 0.375. The largest absolute Gasteiger partial charge is 0.503 e. The minimum Gasteiger partial charge on any atom is -0.503 e. The molecule has 134 valence electrons. The third-order valence-electron chi connectivity index (χ3n) is 3.97. The van der Waals surface area contributed by atoms with E-state index in [-0.39, 0.29) is 17.8 Å². The maximum absolute atomic E-state index is 12.4. The summed E-state index contributed by atoms with van der Waals surface area (Å²) in [5, 5.41) is 20.9. The molecular formula is C16H18N2O7. The van der Waals surface area contributed by atoms with E-state index in [1.807, 2.05) is 0 Å². The number of nitrogens with zero attached hydrogens (tertiary/aromatic N) is 2. The van der Waals surface area contributed by atoms with Crippen molar-refractivity contribution in [3.63, 3.8) is 0 Å². The monoisotopic (exact) mass is 350 g/mol. The molecule has 1 heterocycles. The minimum atomic E-state index is -0.876. The molecule has 0 aromatic heterocycles. The number of amides is 1. The lowest BCUT2D eigenvalue weighted by molar-refractivity contribution is -0.384. The topological polar surface area (TPSA) is 119 Å². The molecule has 0 saturated heterocycles.